The van der Waals surface area contributed by atoms with E-state index < -0.39 is 0 Å². The molecule has 0 saturated carbocycles. The first kappa shape index (κ1) is 14.6. The summed E-state index contributed by atoms with van der Waals surface area (Å²) in [6, 6.07) is 4.14. The first-order valence-electron chi connectivity index (χ1n) is 6.79. The SMILES string of the molecule is CC.CCc1cc(C)c2occc2c1OC(C)C. The molecule has 100 valence electrons. The number of hydrogen-bond donors (Lipinski definition) is 0. The zero-order chi connectivity index (χ0) is 13.7. The Morgan fingerprint density at radius 3 is 2.50 bits per heavy atom. The van der Waals surface area contributed by atoms with E-state index in [0.717, 1.165) is 23.1 Å². The lowest BCUT2D eigenvalue weighted by Crippen LogP contribution is -2.07. The van der Waals surface area contributed by atoms with Crippen LogP contribution in [0.4, 0.5) is 0 Å². The van der Waals surface area contributed by atoms with Gasteiger partial charge in [-0.05, 0) is 50.5 Å². The maximum Gasteiger partial charge on any atom is 0.140 e. The lowest BCUT2D eigenvalue weighted by Gasteiger charge is -2.15. The molecule has 1 aromatic carbocycles. The highest BCUT2D eigenvalue weighted by Crippen LogP contribution is 2.34. The molecule has 2 heteroatoms. The Balaban J connectivity index is 0.000000771. The van der Waals surface area contributed by atoms with Crippen molar-refractivity contribution in [2.24, 2.45) is 0 Å². The van der Waals surface area contributed by atoms with Crippen LogP contribution in [0.25, 0.3) is 11.0 Å². The third-order valence-corrected chi connectivity index (χ3v) is 2.68. The third kappa shape index (κ3) is 2.87. The van der Waals surface area contributed by atoms with Crippen molar-refractivity contribution in [2.45, 2.75) is 54.1 Å². The second kappa shape index (κ2) is 6.48. The number of furan rings is 1. The summed E-state index contributed by atoms with van der Waals surface area (Å²) >= 11 is 0. The van der Waals surface area contributed by atoms with Crippen LogP contribution in [0, 0.1) is 6.92 Å². The third-order valence-electron chi connectivity index (χ3n) is 2.68. The van der Waals surface area contributed by atoms with Gasteiger partial charge in [-0.3, -0.25) is 0 Å². The molecule has 0 aliphatic rings. The van der Waals surface area contributed by atoms with Gasteiger partial charge in [0, 0.05) is 0 Å². The summed E-state index contributed by atoms with van der Waals surface area (Å²) in [5, 5.41) is 1.09. The first-order valence-corrected chi connectivity index (χ1v) is 6.79. The molecule has 2 aromatic rings. The minimum Gasteiger partial charge on any atom is -0.490 e. The second-order valence-corrected chi connectivity index (χ2v) is 4.37. The minimum atomic E-state index is 0.186. The fourth-order valence-electron chi connectivity index (χ4n) is 2.00. The van der Waals surface area contributed by atoms with Gasteiger partial charge in [-0.1, -0.05) is 20.8 Å². The van der Waals surface area contributed by atoms with Gasteiger partial charge in [0.2, 0.25) is 0 Å². The summed E-state index contributed by atoms with van der Waals surface area (Å²) in [7, 11) is 0. The highest BCUT2D eigenvalue weighted by Gasteiger charge is 2.13. The van der Waals surface area contributed by atoms with Crippen molar-refractivity contribution in [1.29, 1.82) is 0 Å². The van der Waals surface area contributed by atoms with Crippen molar-refractivity contribution in [3.05, 3.63) is 29.5 Å². The summed E-state index contributed by atoms with van der Waals surface area (Å²) < 4.78 is 11.4. The molecule has 0 radical (unpaired) electrons. The normalized spacial score (nSPS) is 10.4. The fraction of sp³-hybridized carbons (Fsp3) is 0.500. The monoisotopic (exact) mass is 248 g/mol. The number of rotatable bonds is 3. The minimum absolute atomic E-state index is 0.186. The molecule has 0 unspecified atom stereocenters. The number of benzene rings is 1. The van der Waals surface area contributed by atoms with Gasteiger partial charge in [0.15, 0.2) is 0 Å². The molecule has 2 nitrogen and oxygen atoms in total. The van der Waals surface area contributed by atoms with Gasteiger partial charge < -0.3 is 9.15 Å². The molecule has 0 saturated heterocycles. The summed E-state index contributed by atoms with van der Waals surface area (Å²) in [6.07, 6.45) is 2.89. The van der Waals surface area contributed by atoms with E-state index in [0.29, 0.717) is 0 Å². The molecule has 0 aliphatic carbocycles. The molecule has 0 atom stereocenters. The zero-order valence-electron chi connectivity index (χ0n) is 12.3. The Morgan fingerprint density at radius 1 is 1.28 bits per heavy atom. The maximum atomic E-state index is 5.90. The highest BCUT2D eigenvalue weighted by molar-refractivity contribution is 5.88. The van der Waals surface area contributed by atoms with Gasteiger partial charge in [0.25, 0.3) is 0 Å². The summed E-state index contributed by atoms with van der Waals surface area (Å²) in [6.45, 7) is 12.3. The van der Waals surface area contributed by atoms with E-state index in [-0.39, 0.29) is 6.10 Å². The molecule has 18 heavy (non-hydrogen) atoms. The van der Waals surface area contributed by atoms with Crippen LogP contribution in [-0.4, -0.2) is 6.10 Å². The van der Waals surface area contributed by atoms with E-state index in [1.807, 2.05) is 33.8 Å². The first-order chi connectivity index (χ1) is 8.63. The van der Waals surface area contributed by atoms with Crippen molar-refractivity contribution in [3.8, 4) is 5.75 Å². The molecule has 0 amide bonds. The molecular weight excluding hydrogens is 224 g/mol. The van der Waals surface area contributed by atoms with Crippen LogP contribution in [0.5, 0.6) is 5.75 Å². The van der Waals surface area contributed by atoms with Crippen LogP contribution in [-0.2, 0) is 6.42 Å². The predicted molar refractivity (Wildman–Crippen MR) is 77.4 cm³/mol. The van der Waals surface area contributed by atoms with Gasteiger partial charge in [-0.25, -0.2) is 0 Å². The van der Waals surface area contributed by atoms with Crippen LogP contribution in [0.2, 0.25) is 0 Å². The molecule has 2 rings (SSSR count). The summed E-state index contributed by atoms with van der Waals surface area (Å²) in [5.41, 5.74) is 3.36. The van der Waals surface area contributed by atoms with E-state index in [4.69, 9.17) is 9.15 Å². The molecular formula is C16H24O2. The van der Waals surface area contributed by atoms with E-state index in [1.165, 1.54) is 11.1 Å². The standard InChI is InChI=1S/C14H18O2.C2H6/c1-5-11-8-10(4)13-12(6-7-15-13)14(11)16-9(2)3;1-2/h6-9H,5H2,1-4H3;1-2H3. The van der Waals surface area contributed by atoms with Gasteiger partial charge >= 0.3 is 0 Å². The highest BCUT2D eigenvalue weighted by atomic mass is 16.5. The number of aryl methyl sites for hydroxylation is 2. The van der Waals surface area contributed by atoms with E-state index >= 15 is 0 Å². The lowest BCUT2D eigenvalue weighted by molar-refractivity contribution is 0.243. The van der Waals surface area contributed by atoms with Crippen LogP contribution in [0.1, 0.15) is 45.7 Å². The predicted octanol–water partition coefficient (Wildman–Crippen LogP) is 5.12. The zero-order valence-corrected chi connectivity index (χ0v) is 12.3. The largest absolute Gasteiger partial charge is 0.490 e. The van der Waals surface area contributed by atoms with Crippen molar-refractivity contribution < 1.29 is 9.15 Å². The fourth-order valence-corrected chi connectivity index (χ4v) is 2.00. The number of hydrogen-bond acceptors (Lipinski definition) is 2. The molecule has 0 bridgehead atoms. The second-order valence-electron chi connectivity index (χ2n) is 4.37. The lowest BCUT2D eigenvalue weighted by atomic mass is 10.0. The Hall–Kier alpha value is -1.44. The number of ether oxygens (including phenoxy) is 1. The maximum absolute atomic E-state index is 5.90. The average Bonchev–Trinajstić information content (AvgIpc) is 2.84. The summed E-state index contributed by atoms with van der Waals surface area (Å²) in [5.74, 6) is 0.979. The summed E-state index contributed by atoms with van der Waals surface area (Å²) in [4.78, 5) is 0. The Kier molecular flexibility index (Phi) is 5.26. The molecule has 0 aliphatic heterocycles. The molecule has 1 heterocycles. The van der Waals surface area contributed by atoms with E-state index in [9.17, 15) is 0 Å². The van der Waals surface area contributed by atoms with Gasteiger partial charge in [0.1, 0.15) is 11.3 Å². The van der Waals surface area contributed by atoms with Crippen molar-refractivity contribution >= 4 is 11.0 Å². The van der Waals surface area contributed by atoms with Crippen molar-refractivity contribution in [3.63, 3.8) is 0 Å². The molecule has 1 aromatic heterocycles. The van der Waals surface area contributed by atoms with Crippen LogP contribution in [0.15, 0.2) is 22.8 Å². The Bertz CT molecular complexity index is 495. The molecule has 0 spiro atoms. The average molecular weight is 248 g/mol. The van der Waals surface area contributed by atoms with Crippen LogP contribution >= 0.6 is 0 Å². The van der Waals surface area contributed by atoms with Gasteiger partial charge in [-0.15, -0.1) is 0 Å². The van der Waals surface area contributed by atoms with E-state index in [2.05, 4.69) is 19.9 Å². The Labute approximate surface area is 110 Å². The Morgan fingerprint density at radius 2 is 1.94 bits per heavy atom. The quantitative estimate of drug-likeness (QED) is 0.752. The van der Waals surface area contributed by atoms with Crippen LogP contribution < -0.4 is 4.74 Å². The number of fused-ring (bicyclic) bond motifs is 1. The van der Waals surface area contributed by atoms with Gasteiger partial charge in [0.05, 0.1) is 17.8 Å². The topological polar surface area (TPSA) is 22.4 Å². The van der Waals surface area contributed by atoms with Crippen molar-refractivity contribution in [2.75, 3.05) is 0 Å². The van der Waals surface area contributed by atoms with Crippen molar-refractivity contribution in [1.82, 2.24) is 0 Å². The molecule has 0 fully saturated rings. The van der Waals surface area contributed by atoms with Crippen LogP contribution in [0.3, 0.4) is 0 Å². The molecule has 0 N–H and O–H groups in total. The van der Waals surface area contributed by atoms with E-state index in [1.54, 1.807) is 6.26 Å². The van der Waals surface area contributed by atoms with Gasteiger partial charge in [-0.2, -0.15) is 0 Å². The smallest absolute Gasteiger partial charge is 0.140 e.